The molecule has 1 saturated heterocycles. The highest BCUT2D eigenvalue weighted by molar-refractivity contribution is 5.99. The van der Waals surface area contributed by atoms with E-state index in [0.717, 1.165) is 31.7 Å². The van der Waals surface area contributed by atoms with Gasteiger partial charge in [0.2, 0.25) is 0 Å². The van der Waals surface area contributed by atoms with Crippen LogP contribution in [0.4, 0.5) is 5.82 Å². The molecule has 2 aromatic rings. The Balaban J connectivity index is 1.52. The van der Waals surface area contributed by atoms with E-state index in [4.69, 9.17) is 0 Å². The standard InChI is InChI=1S/C17H22N6O2/c24-16(19-9-10-20-17(25)14-6-8-21-22-14)13-5-4-7-18-15(13)23-11-2-1-3-12-23/h4-8H,1-3,9-12H2,(H,19,24)(H,20,25)(H,21,22). The summed E-state index contributed by atoms with van der Waals surface area (Å²) in [6.45, 7) is 2.53. The summed E-state index contributed by atoms with van der Waals surface area (Å²) < 4.78 is 0. The molecule has 2 amide bonds. The fraction of sp³-hybridized carbons (Fsp3) is 0.412. The first kappa shape index (κ1) is 16.9. The van der Waals surface area contributed by atoms with Crippen LogP contribution in [0.1, 0.15) is 40.1 Å². The van der Waals surface area contributed by atoms with Gasteiger partial charge in [-0.3, -0.25) is 14.7 Å². The fourth-order valence-corrected chi connectivity index (χ4v) is 2.86. The number of nitrogens with one attached hydrogen (secondary N) is 3. The summed E-state index contributed by atoms with van der Waals surface area (Å²) in [5, 5.41) is 11.9. The molecule has 8 heteroatoms. The Morgan fingerprint density at radius 2 is 1.80 bits per heavy atom. The third kappa shape index (κ3) is 4.34. The number of nitrogens with zero attached hydrogens (tertiary/aromatic N) is 3. The van der Waals surface area contributed by atoms with Crippen molar-refractivity contribution in [2.45, 2.75) is 19.3 Å². The second-order valence-corrected chi connectivity index (χ2v) is 5.90. The van der Waals surface area contributed by atoms with E-state index < -0.39 is 0 Å². The van der Waals surface area contributed by atoms with E-state index in [1.807, 2.05) is 0 Å². The number of hydrogen-bond acceptors (Lipinski definition) is 5. The van der Waals surface area contributed by atoms with E-state index in [0.29, 0.717) is 24.3 Å². The lowest BCUT2D eigenvalue weighted by molar-refractivity contribution is 0.0925. The number of anilines is 1. The molecule has 0 atom stereocenters. The van der Waals surface area contributed by atoms with Crippen LogP contribution in [0, 0.1) is 0 Å². The Morgan fingerprint density at radius 3 is 2.52 bits per heavy atom. The molecule has 1 aliphatic rings. The van der Waals surface area contributed by atoms with Gasteiger partial charge in [-0.05, 0) is 37.5 Å². The van der Waals surface area contributed by atoms with Gasteiger partial charge >= 0.3 is 0 Å². The Labute approximate surface area is 146 Å². The van der Waals surface area contributed by atoms with Crippen LogP contribution in [0.15, 0.2) is 30.6 Å². The van der Waals surface area contributed by atoms with Crippen LogP contribution in [0.25, 0.3) is 0 Å². The van der Waals surface area contributed by atoms with Crippen LogP contribution in [0.3, 0.4) is 0 Å². The summed E-state index contributed by atoms with van der Waals surface area (Å²) in [4.78, 5) is 30.8. The van der Waals surface area contributed by atoms with Gasteiger partial charge < -0.3 is 15.5 Å². The minimum absolute atomic E-state index is 0.176. The van der Waals surface area contributed by atoms with Gasteiger partial charge in [-0.2, -0.15) is 5.10 Å². The molecule has 3 rings (SSSR count). The number of carbonyl (C=O) groups is 2. The van der Waals surface area contributed by atoms with Gasteiger partial charge in [0.25, 0.3) is 11.8 Å². The van der Waals surface area contributed by atoms with Gasteiger partial charge in [-0.25, -0.2) is 4.98 Å². The normalized spacial score (nSPS) is 14.2. The summed E-state index contributed by atoms with van der Waals surface area (Å²) >= 11 is 0. The Hall–Kier alpha value is -2.90. The topological polar surface area (TPSA) is 103 Å². The molecule has 0 bridgehead atoms. The number of pyridine rings is 1. The first-order valence-electron chi connectivity index (χ1n) is 8.51. The lowest BCUT2D eigenvalue weighted by Crippen LogP contribution is -2.36. The average molecular weight is 342 g/mol. The second-order valence-electron chi connectivity index (χ2n) is 5.90. The largest absolute Gasteiger partial charge is 0.356 e. The predicted octanol–water partition coefficient (Wildman–Crippen LogP) is 0.955. The van der Waals surface area contributed by atoms with Crippen LogP contribution < -0.4 is 15.5 Å². The number of carbonyl (C=O) groups excluding carboxylic acids is 2. The van der Waals surface area contributed by atoms with Crippen LogP contribution in [-0.2, 0) is 0 Å². The van der Waals surface area contributed by atoms with E-state index in [9.17, 15) is 9.59 Å². The highest BCUT2D eigenvalue weighted by Gasteiger charge is 2.19. The van der Waals surface area contributed by atoms with Gasteiger partial charge in [0.1, 0.15) is 11.5 Å². The van der Waals surface area contributed by atoms with Crippen molar-refractivity contribution in [3.05, 3.63) is 41.9 Å². The Bertz CT molecular complexity index is 710. The van der Waals surface area contributed by atoms with Crippen LogP contribution in [-0.4, -0.2) is 53.2 Å². The maximum absolute atomic E-state index is 12.5. The highest BCUT2D eigenvalue weighted by Crippen LogP contribution is 2.21. The Kier molecular flexibility index (Phi) is 5.61. The summed E-state index contributed by atoms with van der Waals surface area (Å²) in [6.07, 6.45) is 6.70. The molecule has 0 radical (unpaired) electrons. The molecule has 0 aromatic carbocycles. The summed E-state index contributed by atoms with van der Waals surface area (Å²) in [7, 11) is 0. The molecule has 3 N–H and O–H groups in total. The molecule has 8 nitrogen and oxygen atoms in total. The molecule has 0 spiro atoms. The number of hydrogen-bond donors (Lipinski definition) is 3. The second kappa shape index (κ2) is 8.27. The van der Waals surface area contributed by atoms with Gasteiger partial charge in [-0.15, -0.1) is 0 Å². The maximum Gasteiger partial charge on any atom is 0.269 e. The number of piperidine rings is 1. The van der Waals surface area contributed by atoms with Gasteiger partial charge in [0.05, 0.1) is 5.56 Å². The summed E-state index contributed by atoms with van der Waals surface area (Å²) in [5.74, 6) is 0.313. The fourth-order valence-electron chi connectivity index (χ4n) is 2.86. The van der Waals surface area contributed by atoms with Crippen molar-refractivity contribution < 1.29 is 9.59 Å². The van der Waals surface area contributed by atoms with Crippen molar-refractivity contribution in [2.75, 3.05) is 31.1 Å². The average Bonchev–Trinajstić information content (AvgIpc) is 3.20. The smallest absolute Gasteiger partial charge is 0.269 e. The summed E-state index contributed by atoms with van der Waals surface area (Å²) in [5.41, 5.74) is 0.968. The third-order valence-electron chi connectivity index (χ3n) is 4.13. The molecule has 0 aliphatic carbocycles. The zero-order chi connectivity index (χ0) is 17.5. The molecule has 1 aliphatic heterocycles. The molecule has 25 heavy (non-hydrogen) atoms. The quantitative estimate of drug-likeness (QED) is 0.679. The van der Waals surface area contributed by atoms with Crippen molar-refractivity contribution in [1.29, 1.82) is 0 Å². The predicted molar refractivity (Wildman–Crippen MR) is 93.6 cm³/mol. The molecule has 2 aromatic heterocycles. The first-order valence-corrected chi connectivity index (χ1v) is 8.51. The van der Waals surface area contributed by atoms with Crippen molar-refractivity contribution in [3.8, 4) is 0 Å². The number of aromatic nitrogens is 3. The number of amides is 2. The molecular formula is C17H22N6O2. The summed E-state index contributed by atoms with van der Waals surface area (Å²) in [6, 6.07) is 5.15. The van der Waals surface area contributed by atoms with Crippen molar-refractivity contribution in [2.24, 2.45) is 0 Å². The van der Waals surface area contributed by atoms with E-state index >= 15 is 0 Å². The van der Waals surface area contributed by atoms with E-state index in [-0.39, 0.29) is 11.8 Å². The number of aromatic amines is 1. The molecule has 3 heterocycles. The molecule has 1 fully saturated rings. The SMILES string of the molecule is O=C(NCCNC(=O)c1cccnc1N1CCCCC1)c1ccn[nH]1. The van der Waals surface area contributed by atoms with Crippen molar-refractivity contribution in [3.63, 3.8) is 0 Å². The zero-order valence-electron chi connectivity index (χ0n) is 14.0. The number of rotatable bonds is 6. The van der Waals surface area contributed by atoms with E-state index in [1.54, 1.807) is 24.4 Å². The van der Waals surface area contributed by atoms with E-state index in [1.165, 1.54) is 12.6 Å². The lowest BCUT2D eigenvalue weighted by atomic mass is 10.1. The maximum atomic E-state index is 12.5. The highest BCUT2D eigenvalue weighted by atomic mass is 16.2. The van der Waals surface area contributed by atoms with Crippen molar-refractivity contribution in [1.82, 2.24) is 25.8 Å². The minimum Gasteiger partial charge on any atom is -0.356 e. The Morgan fingerprint density at radius 1 is 1.04 bits per heavy atom. The minimum atomic E-state index is -0.248. The molecule has 0 unspecified atom stereocenters. The van der Waals surface area contributed by atoms with E-state index in [2.05, 4.69) is 30.7 Å². The monoisotopic (exact) mass is 342 g/mol. The van der Waals surface area contributed by atoms with Crippen LogP contribution in [0.5, 0.6) is 0 Å². The first-order chi connectivity index (χ1) is 12.3. The zero-order valence-corrected chi connectivity index (χ0v) is 14.0. The van der Waals surface area contributed by atoms with Gasteiger partial charge in [0, 0.05) is 38.6 Å². The lowest BCUT2D eigenvalue weighted by Gasteiger charge is -2.29. The third-order valence-corrected chi connectivity index (χ3v) is 4.13. The number of H-pyrrole nitrogens is 1. The van der Waals surface area contributed by atoms with Crippen LogP contribution >= 0.6 is 0 Å². The van der Waals surface area contributed by atoms with Gasteiger partial charge in [0.15, 0.2) is 0 Å². The molecular weight excluding hydrogens is 320 g/mol. The van der Waals surface area contributed by atoms with Gasteiger partial charge in [-0.1, -0.05) is 0 Å². The molecule has 0 saturated carbocycles. The van der Waals surface area contributed by atoms with Crippen LogP contribution in [0.2, 0.25) is 0 Å². The van der Waals surface area contributed by atoms with Crippen molar-refractivity contribution >= 4 is 17.6 Å². The molecule has 132 valence electrons.